The maximum atomic E-state index is 12.3. The van der Waals surface area contributed by atoms with Crippen molar-refractivity contribution < 1.29 is 13.5 Å². The Labute approximate surface area is 139 Å². The fourth-order valence-corrected chi connectivity index (χ4v) is 2.70. The van der Waals surface area contributed by atoms with Crippen LogP contribution in [0.5, 0.6) is 5.88 Å². The van der Waals surface area contributed by atoms with Crippen molar-refractivity contribution >= 4 is 11.6 Å². The van der Waals surface area contributed by atoms with Crippen LogP contribution in [0.1, 0.15) is 22.2 Å². The Morgan fingerprint density at radius 2 is 1.91 bits per heavy atom. The molecule has 0 aliphatic rings. The van der Waals surface area contributed by atoms with E-state index in [9.17, 15) is 8.78 Å². The second kappa shape index (κ2) is 8.22. The monoisotopic (exact) mass is 340 g/mol. The predicted molar refractivity (Wildman–Crippen MR) is 87.0 cm³/mol. The van der Waals surface area contributed by atoms with Gasteiger partial charge in [0.1, 0.15) is 0 Å². The number of hydrogen-bond acceptors (Lipinski definition) is 3. The highest BCUT2D eigenvalue weighted by atomic mass is 35.5. The Morgan fingerprint density at radius 1 is 1.22 bits per heavy atom. The number of benzene rings is 1. The number of likely N-dealkylation sites (N-methyl/N-ethyl adjacent to an activating group) is 1. The number of alkyl halides is 3. The van der Waals surface area contributed by atoms with Crippen LogP contribution < -0.4 is 4.74 Å². The zero-order valence-corrected chi connectivity index (χ0v) is 13.8. The van der Waals surface area contributed by atoms with Gasteiger partial charge in [0.25, 0.3) is 0 Å². The van der Waals surface area contributed by atoms with Crippen molar-refractivity contribution in [3.63, 3.8) is 0 Å². The van der Waals surface area contributed by atoms with Gasteiger partial charge in [-0.3, -0.25) is 0 Å². The van der Waals surface area contributed by atoms with Gasteiger partial charge in [0.15, 0.2) is 0 Å². The minimum absolute atomic E-state index is 0.105. The van der Waals surface area contributed by atoms with Crippen molar-refractivity contribution in [3.8, 4) is 5.88 Å². The number of hydrogen-bond donors (Lipinski definition) is 0. The average Bonchev–Trinajstić information content (AvgIpc) is 2.46. The van der Waals surface area contributed by atoms with Crippen LogP contribution in [0.3, 0.4) is 0 Å². The second-order valence-corrected chi connectivity index (χ2v) is 5.94. The van der Waals surface area contributed by atoms with Crippen molar-refractivity contribution in [1.29, 1.82) is 0 Å². The molecule has 3 nitrogen and oxygen atoms in total. The summed E-state index contributed by atoms with van der Waals surface area (Å²) < 4.78 is 29.0. The molecule has 1 aromatic heterocycles. The third-order valence-corrected chi connectivity index (χ3v) is 3.68. The quantitative estimate of drug-likeness (QED) is 0.698. The number of halogens is 3. The molecule has 0 fully saturated rings. The summed E-state index contributed by atoms with van der Waals surface area (Å²) in [5.41, 5.74) is 2.50. The highest BCUT2D eigenvalue weighted by Gasteiger charge is 2.15. The summed E-state index contributed by atoms with van der Waals surface area (Å²) in [6, 6.07) is 13.3. The molecule has 23 heavy (non-hydrogen) atoms. The summed E-state index contributed by atoms with van der Waals surface area (Å²) in [6.07, 6.45) is 0. The first kappa shape index (κ1) is 17.6. The van der Waals surface area contributed by atoms with Crippen molar-refractivity contribution in [2.75, 3.05) is 13.6 Å². The fraction of sp³-hybridized carbons (Fsp3) is 0.353. The average molecular weight is 341 g/mol. The summed E-state index contributed by atoms with van der Waals surface area (Å²) in [6.45, 7) is 0.161. The number of aryl methyl sites for hydroxylation is 1. The number of aromatic nitrogens is 1. The fourth-order valence-electron chi connectivity index (χ4n) is 2.33. The number of pyridine rings is 1. The SMILES string of the molecule is Cc1cc([C@H](Cl)CN(C)Cc2ccccc2)cc(OC(F)F)n1. The molecule has 0 N–H and O–H groups in total. The van der Waals surface area contributed by atoms with Gasteiger partial charge in [0.2, 0.25) is 5.88 Å². The standard InChI is InChI=1S/C17H19ClF2N2O/c1-12-8-14(9-16(21-12)23-17(19)20)15(18)11-22(2)10-13-6-4-3-5-7-13/h3-9,15,17H,10-11H2,1-2H3/t15-/m1/s1. The smallest absolute Gasteiger partial charge is 0.388 e. The maximum absolute atomic E-state index is 12.3. The van der Waals surface area contributed by atoms with E-state index in [1.165, 1.54) is 11.6 Å². The molecule has 0 radical (unpaired) electrons. The molecule has 124 valence electrons. The van der Waals surface area contributed by atoms with Crippen LogP contribution in [-0.2, 0) is 6.54 Å². The number of nitrogens with zero attached hydrogens (tertiary/aromatic N) is 2. The number of rotatable bonds is 7. The van der Waals surface area contributed by atoms with Gasteiger partial charge in [-0.25, -0.2) is 4.98 Å². The van der Waals surface area contributed by atoms with E-state index in [1.54, 1.807) is 13.0 Å². The van der Waals surface area contributed by atoms with E-state index in [0.29, 0.717) is 12.2 Å². The van der Waals surface area contributed by atoms with Gasteiger partial charge in [0, 0.05) is 24.8 Å². The van der Waals surface area contributed by atoms with Crippen molar-refractivity contribution in [2.45, 2.75) is 25.5 Å². The van der Waals surface area contributed by atoms with Crippen LogP contribution in [-0.4, -0.2) is 30.1 Å². The van der Waals surface area contributed by atoms with Gasteiger partial charge in [-0.2, -0.15) is 8.78 Å². The summed E-state index contributed by atoms with van der Waals surface area (Å²) >= 11 is 6.44. The molecule has 2 rings (SSSR count). The van der Waals surface area contributed by atoms with E-state index < -0.39 is 6.61 Å². The number of ether oxygens (including phenoxy) is 1. The summed E-state index contributed by atoms with van der Waals surface area (Å²) in [5, 5.41) is -0.342. The predicted octanol–water partition coefficient (Wildman–Crippen LogP) is 4.40. The van der Waals surface area contributed by atoms with E-state index in [4.69, 9.17) is 11.6 Å². The molecule has 1 aromatic carbocycles. The van der Waals surface area contributed by atoms with Crippen LogP contribution >= 0.6 is 11.6 Å². The molecular weight excluding hydrogens is 322 g/mol. The molecule has 0 spiro atoms. The minimum Gasteiger partial charge on any atom is -0.417 e. The first-order valence-corrected chi connectivity index (χ1v) is 7.67. The molecule has 0 saturated heterocycles. The molecule has 0 aliphatic heterocycles. The summed E-state index contributed by atoms with van der Waals surface area (Å²) in [4.78, 5) is 6.01. The molecule has 0 aliphatic carbocycles. The highest BCUT2D eigenvalue weighted by molar-refractivity contribution is 6.21. The van der Waals surface area contributed by atoms with Crippen LogP contribution in [0.2, 0.25) is 0 Å². The van der Waals surface area contributed by atoms with Gasteiger partial charge in [-0.05, 0) is 31.2 Å². The minimum atomic E-state index is -2.90. The molecule has 0 amide bonds. The summed E-state index contributed by atoms with van der Waals surface area (Å²) in [7, 11) is 1.97. The first-order valence-electron chi connectivity index (χ1n) is 7.24. The van der Waals surface area contributed by atoms with Crippen molar-refractivity contribution in [1.82, 2.24) is 9.88 Å². The van der Waals surface area contributed by atoms with E-state index in [-0.39, 0.29) is 11.3 Å². The zero-order valence-electron chi connectivity index (χ0n) is 13.0. The molecule has 2 aromatic rings. The highest BCUT2D eigenvalue weighted by Crippen LogP contribution is 2.26. The van der Waals surface area contributed by atoms with E-state index in [0.717, 1.165) is 12.1 Å². The van der Waals surface area contributed by atoms with E-state index in [2.05, 4.69) is 14.6 Å². The van der Waals surface area contributed by atoms with Gasteiger partial charge in [-0.15, -0.1) is 11.6 Å². The van der Waals surface area contributed by atoms with Gasteiger partial charge < -0.3 is 9.64 Å². The third kappa shape index (κ3) is 5.77. The molecule has 0 bridgehead atoms. The van der Waals surface area contributed by atoms with Gasteiger partial charge in [0.05, 0.1) is 5.38 Å². The normalized spacial score (nSPS) is 12.7. The Balaban J connectivity index is 2.02. The van der Waals surface area contributed by atoms with Gasteiger partial charge in [-0.1, -0.05) is 30.3 Å². The second-order valence-electron chi connectivity index (χ2n) is 5.41. The maximum Gasteiger partial charge on any atom is 0.388 e. The van der Waals surface area contributed by atoms with Crippen molar-refractivity contribution in [2.24, 2.45) is 0 Å². The lowest BCUT2D eigenvalue weighted by Crippen LogP contribution is -2.22. The molecule has 1 atom stereocenters. The molecule has 1 heterocycles. The lowest BCUT2D eigenvalue weighted by atomic mass is 10.1. The molecule has 0 unspecified atom stereocenters. The topological polar surface area (TPSA) is 25.4 Å². The van der Waals surface area contributed by atoms with E-state index in [1.807, 2.05) is 37.4 Å². The Kier molecular flexibility index (Phi) is 6.30. The lowest BCUT2D eigenvalue weighted by Gasteiger charge is -2.21. The lowest BCUT2D eigenvalue weighted by molar-refractivity contribution is -0.0529. The Morgan fingerprint density at radius 3 is 2.57 bits per heavy atom. The van der Waals surface area contributed by atoms with Crippen LogP contribution in [0, 0.1) is 6.92 Å². The Hall–Kier alpha value is -1.72. The molecular formula is C17H19ClF2N2O. The molecule has 6 heteroatoms. The van der Waals surface area contributed by atoms with Crippen molar-refractivity contribution in [3.05, 3.63) is 59.3 Å². The zero-order chi connectivity index (χ0) is 16.8. The van der Waals surface area contributed by atoms with E-state index >= 15 is 0 Å². The Bertz CT molecular complexity index is 625. The van der Waals surface area contributed by atoms with Crippen LogP contribution in [0.4, 0.5) is 8.78 Å². The first-order chi connectivity index (χ1) is 10.9. The van der Waals surface area contributed by atoms with Crippen LogP contribution in [0.15, 0.2) is 42.5 Å². The summed E-state index contributed by atoms with van der Waals surface area (Å²) in [5.74, 6) is -0.105. The molecule has 0 saturated carbocycles. The van der Waals surface area contributed by atoms with Crippen LogP contribution in [0.25, 0.3) is 0 Å². The largest absolute Gasteiger partial charge is 0.417 e. The third-order valence-electron chi connectivity index (χ3n) is 3.29. The van der Waals surface area contributed by atoms with Gasteiger partial charge >= 0.3 is 6.61 Å².